The predicted molar refractivity (Wildman–Crippen MR) is 127 cm³/mol. The minimum Gasteiger partial charge on any atom is -0.296 e. The predicted octanol–water partition coefficient (Wildman–Crippen LogP) is 5.55. The summed E-state index contributed by atoms with van der Waals surface area (Å²) in [5.41, 5.74) is 0.316. The molecule has 1 atom stereocenters. The minimum atomic E-state index is -4.59. The Morgan fingerprint density at radius 3 is 2.33 bits per heavy atom. The average Bonchev–Trinajstić information content (AvgIpc) is 3.30. The van der Waals surface area contributed by atoms with E-state index >= 15 is 0 Å². The number of carbonyl (C=O) groups excluding carboxylic acids is 1. The van der Waals surface area contributed by atoms with Gasteiger partial charge in [0.25, 0.3) is 5.91 Å². The molecule has 0 fully saturated rings. The fraction of sp³-hybridized carbons (Fsp3) is 0.0435. The number of nitrogens with zero attached hydrogens (tertiary/aromatic N) is 3. The van der Waals surface area contributed by atoms with Gasteiger partial charge >= 0.3 is 6.18 Å². The summed E-state index contributed by atoms with van der Waals surface area (Å²) in [6, 6.07) is 18.4. The fourth-order valence-corrected chi connectivity index (χ4v) is 7.96. The number of halogens is 4. The Bertz CT molecular complexity index is 1420. The molecule has 0 radical (unpaired) electrons. The van der Waals surface area contributed by atoms with Gasteiger partial charge in [0.05, 0.1) is 16.9 Å². The van der Waals surface area contributed by atoms with Gasteiger partial charge in [0.2, 0.25) is 0 Å². The second kappa shape index (κ2) is 7.83. The number of hydrogen-bond donors (Lipinski definition) is 0. The van der Waals surface area contributed by atoms with Crippen molar-refractivity contribution in [2.45, 2.75) is 6.18 Å². The van der Waals surface area contributed by atoms with Gasteiger partial charge in [-0.3, -0.25) is 14.0 Å². The molecular weight excluding hydrogens is 490 g/mol. The van der Waals surface area contributed by atoms with Gasteiger partial charge in [-0.15, -0.1) is 0 Å². The Hall–Kier alpha value is -2.93. The van der Waals surface area contributed by atoms with E-state index in [0.717, 1.165) is 12.1 Å². The number of rotatable bonds is 2. The van der Waals surface area contributed by atoms with Crippen molar-refractivity contribution in [2.24, 2.45) is 0 Å². The molecule has 0 N–H and O–H groups in total. The van der Waals surface area contributed by atoms with Gasteiger partial charge in [0, 0.05) is 28.3 Å². The second-order valence-electron chi connectivity index (χ2n) is 7.33. The molecule has 2 heterocycles. The third-order valence-electron chi connectivity index (χ3n) is 5.35. The summed E-state index contributed by atoms with van der Waals surface area (Å²) in [5.74, 6) is -0.520. The summed E-state index contributed by atoms with van der Waals surface area (Å²) >= 11 is 12.2. The van der Waals surface area contributed by atoms with Crippen molar-refractivity contribution in [1.29, 1.82) is 0 Å². The van der Waals surface area contributed by atoms with Crippen molar-refractivity contribution in [3.05, 3.63) is 101 Å². The maximum Gasteiger partial charge on any atom is 0.416 e. The molecule has 4 aromatic rings. The van der Waals surface area contributed by atoms with E-state index in [1.165, 1.54) is 29.1 Å². The topological polar surface area (TPSA) is 38.1 Å². The number of fused-ring (bicyclic) bond motifs is 3. The van der Waals surface area contributed by atoms with Crippen LogP contribution in [0.4, 0.5) is 18.9 Å². The lowest BCUT2D eigenvalue weighted by atomic mass is 10.1. The molecule has 5 rings (SSSR count). The first-order valence-electron chi connectivity index (χ1n) is 9.73. The first-order valence-corrected chi connectivity index (χ1v) is 12.9. The van der Waals surface area contributed by atoms with Gasteiger partial charge in [0.1, 0.15) is 6.19 Å². The SMILES string of the molecule is O=C(c1ccc(Cl)cc1)N1c2cc(C(F)(F)F)ccc2-n2ccnc2P1(=S)c1ccccc1. The maximum atomic E-state index is 13.9. The quantitative estimate of drug-likeness (QED) is 0.337. The standard InChI is InChI=1S/C23H14ClF3N3OPS/c24-17-9-6-15(7-10-17)21(31)30-20-14-16(23(25,26)27)8-11-19(20)29-13-12-28-22(29)32(30,33)18-4-2-1-3-5-18/h1-14H. The highest BCUT2D eigenvalue weighted by molar-refractivity contribution is 8.22. The van der Waals surface area contributed by atoms with E-state index < -0.39 is 23.8 Å². The van der Waals surface area contributed by atoms with E-state index in [9.17, 15) is 18.0 Å². The van der Waals surface area contributed by atoms with Crippen LogP contribution in [0.5, 0.6) is 0 Å². The van der Waals surface area contributed by atoms with Gasteiger partial charge in [0.15, 0.2) is 5.57 Å². The molecule has 3 aromatic carbocycles. The van der Waals surface area contributed by atoms with Crippen LogP contribution in [0.1, 0.15) is 15.9 Å². The molecule has 33 heavy (non-hydrogen) atoms. The molecule has 1 aliphatic heterocycles. The number of carbonyl (C=O) groups is 1. The van der Waals surface area contributed by atoms with Crippen LogP contribution in [-0.4, -0.2) is 15.5 Å². The lowest BCUT2D eigenvalue weighted by Gasteiger charge is -2.40. The van der Waals surface area contributed by atoms with Crippen LogP contribution >= 0.6 is 17.8 Å². The molecule has 1 amide bonds. The second-order valence-corrected chi connectivity index (χ2v) is 11.8. The number of amides is 1. The van der Waals surface area contributed by atoms with Crippen molar-refractivity contribution in [3.8, 4) is 5.69 Å². The van der Waals surface area contributed by atoms with Crippen molar-refractivity contribution in [3.63, 3.8) is 0 Å². The Kier molecular flexibility index (Phi) is 5.20. The summed E-state index contributed by atoms with van der Waals surface area (Å²) in [6.07, 6.45) is -4.59. The van der Waals surface area contributed by atoms with E-state index in [4.69, 9.17) is 23.4 Å². The van der Waals surface area contributed by atoms with Crippen LogP contribution in [0.2, 0.25) is 5.02 Å². The first kappa shape index (κ1) is 21.9. The van der Waals surface area contributed by atoms with Crippen molar-refractivity contribution < 1.29 is 18.0 Å². The van der Waals surface area contributed by atoms with Gasteiger partial charge in [-0.05, 0) is 42.5 Å². The van der Waals surface area contributed by atoms with Crippen molar-refractivity contribution in [1.82, 2.24) is 9.55 Å². The van der Waals surface area contributed by atoms with E-state index in [1.54, 1.807) is 47.2 Å². The molecule has 166 valence electrons. The zero-order chi connectivity index (χ0) is 23.4. The molecule has 0 saturated heterocycles. The number of aromatic nitrogens is 2. The van der Waals surface area contributed by atoms with Crippen LogP contribution in [0.3, 0.4) is 0 Å². The number of hydrogen-bond acceptors (Lipinski definition) is 3. The van der Waals surface area contributed by atoms with Crippen LogP contribution in [0.15, 0.2) is 85.2 Å². The van der Waals surface area contributed by atoms with E-state index in [-0.39, 0.29) is 11.3 Å². The van der Waals surface area contributed by atoms with E-state index in [1.807, 2.05) is 6.07 Å². The van der Waals surface area contributed by atoms with E-state index in [0.29, 0.717) is 21.6 Å². The summed E-state index contributed by atoms with van der Waals surface area (Å²) in [6.45, 7) is 0. The number of alkyl halides is 3. The minimum absolute atomic E-state index is 0.0856. The summed E-state index contributed by atoms with van der Waals surface area (Å²) in [7, 11) is 0. The maximum absolute atomic E-state index is 13.9. The third kappa shape index (κ3) is 3.50. The first-order chi connectivity index (χ1) is 15.7. The molecular formula is C23H14ClF3N3OPS. The normalized spacial score (nSPS) is 17.4. The largest absolute Gasteiger partial charge is 0.416 e. The Morgan fingerprint density at radius 1 is 0.970 bits per heavy atom. The van der Waals surface area contributed by atoms with Gasteiger partial charge in [-0.2, -0.15) is 13.2 Å². The molecule has 0 bridgehead atoms. The van der Waals surface area contributed by atoms with Gasteiger partial charge in [-0.25, -0.2) is 4.98 Å². The highest BCUT2D eigenvalue weighted by Crippen LogP contribution is 2.56. The summed E-state index contributed by atoms with van der Waals surface area (Å²) in [4.78, 5) is 18.3. The van der Waals surface area contributed by atoms with Gasteiger partial charge in [-0.1, -0.05) is 53.7 Å². The molecule has 1 aromatic heterocycles. The van der Waals surface area contributed by atoms with E-state index in [2.05, 4.69) is 4.98 Å². The third-order valence-corrected chi connectivity index (χ3v) is 10.1. The summed E-state index contributed by atoms with van der Waals surface area (Å²) in [5, 5.41) is 1.07. The van der Waals surface area contributed by atoms with Crippen LogP contribution in [0.25, 0.3) is 5.69 Å². The Balaban J connectivity index is 1.84. The molecule has 0 saturated carbocycles. The molecule has 10 heteroatoms. The van der Waals surface area contributed by atoms with Crippen LogP contribution in [-0.2, 0) is 18.0 Å². The highest BCUT2D eigenvalue weighted by Gasteiger charge is 2.44. The summed E-state index contributed by atoms with van der Waals surface area (Å²) < 4.78 is 44.0. The smallest absolute Gasteiger partial charge is 0.296 e. The van der Waals surface area contributed by atoms with Crippen molar-refractivity contribution in [2.75, 3.05) is 4.67 Å². The monoisotopic (exact) mass is 503 g/mol. The number of benzene rings is 3. The number of anilines is 1. The number of imidazole rings is 1. The molecule has 0 spiro atoms. The highest BCUT2D eigenvalue weighted by atomic mass is 35.5. The fourth-order valence-electron chi connectivity index (χ4n) is 3.84. The lowest BCUT2D eigenvalue weighted by molar-refractivity contribution is -0.137. The molecule has 0 aliphatic carbocycles. The average molecular weight is 504 g/mol. The molecule has 4 nitrogen and oxygen atoms in total. The zero-order valence-electron chi connectivity index (χ0n) is 16.7. The zero-order valence-corrected chi connectivity index (χ0v) is 19.2. The van der Waals surface area contributed by atoms with Crippen LogP contribution < -0.4 is 15.5 Å². The van der Waals surface area contributed by atoms with Gasteiger partial charge < -0.3 is 0 Å². The van der Waals surface area contributed by atoms with Crippen LogP contribution in [0, 0.1) is 0 Å². The van der Waals surface area contributed by atoms with Crippen molar-refractivity contribution >= 4 is 52.1 Å². The lowest BCUT2D eigenvalue weighted by Crippen LogP contribution is -2.43. The molecule has 1 aliphatic rings. The Morgan fingerprint density at radius 2 is 1.67 bits per heavy atom. The molecule has 1 unspecified atom stereocenters. The Labute approximate surface area is 197 Å².